The van der Waals surface area contributed by atoms with Crippen LogP contribution < -0.4 is 20.9 Å². The van der Waals surface area contributed by atoms with Gasteiger partial charge in [0.15, 0.2) is 0 Å². The minimum absolute atomic E-state index is 0.0131. The third kappa shape index (κ3) is 4.74. The van der Waals surface area contributed by atoms with Crippen LogP contribution in [0.2, 0.25) is 0 Å². The van der Waals surface area contributed by atoms with Crippen LogP contribution >= 0.6 is 0 Å². The quantitative estimate of drug-likeness (QED) is 0.642. The first-order chi connectivity index (χ1) is 14.4. The second kappa shape index (κ2) is 9.63. The van der Waals surface area contributed by atoms with E-state index in [1.807, 2.05) is 32.9 Å². The van der Waals surface area contributed by atoms with Gasteiger partial charge in [-0.2, -0.15) is 5.26 Å². The molecule has 1 aliphatic rings. The number of hydrogen-bond donors (Lipinski definition) is 2. The van der Waals surface area contributed by atoms with Crippen molar-refractivity contribution in [2.24, 2.45) is 11.7 Å². The lowest BCUT2D eigenvalue weighted by atomic mass is 10.00. The van der Waals surface area contributed by atoms with Crippen molar-refractivity contribution < 1.29 is 9.32 Å². The Morgan fingerprint density at radius 3 is 2.57 bits per heavy atom. The van der Waals surface area contributed by atoms with Crippen molar-refractivity contribution in [2.75, 3.05) is 42.5 Å². The van der Waals surface area contributed by atoms with Crippen molar-refractivity contribution in [1.29, 1.82) is 5.26 Å². The molecule has 1 aromatic heterocycles. The number of rotatable bonds is 8. The van der Waals surface area contributed by atoms with Gasteiger partial charge in [0.25, 0.3) is 0 Å². The van der Waals surface area contributed by atoms with Gasteiger partial charge in [0.05, 0.1) is 17.3 Å². The van der Waals surface area contributed by atoms with Gasteiger partial charge >= 0.3 is 0 Å². The molecule has 3 N–H and O–H groups in total. The van der Waals surface area contributed by atoms with E-state index < -0.39 is 11.9 Å². The molecule has 0 radical (unpaired) electrons. The number of nitrogens with one attached hydrogen (secondary N) is 1. The van der Waals surface area contributed by atoms with Crippen LogP contribution in [0.4, 0.5) is 11.6 Å². The van der Waals surface area contributed by atoms with E-state index in [1.165, 1.54) is 5.69 Å². The zero-order valence-electron chi connectivity index (χ0n) is 17.9. The number of aromatic nitrogens is 1. The fourth-order valence-electron chi connectivity index (χ4n) is 3.89. The SMILES string of the molecule is Cc1noc(N(CC#N)C(CC(C)C)C(N)=O)c1-c1ccc(N2CCNCC2)cc1. The van der Waals surface area contributed by atoms with Crippen LogP contribution in [0.3, 0.4) is 0 Å². The number of hydrogen-bond acceptors (Lipinski definition) is 7. The smallest absolute Gasteiger partial charge is 0.240 e. The van der Waals surface area contributed by atoms with Gasteiger partial charge in [-0.25, -0.2) is 0 Å². The number of benzene rings is 1. The lowest BCUT2D eigenvalue weighted by Gasteiger charge is -2.30. The number of carbonyl (C=O) groups is 1. The van der Waals surface area contributed by atoms with Crippen molar-refractivity contribution in [3.63, 3.8) is 0 Å². The molecule has 1 atom stereocenters. The van der Waals surface area contributed by atoms with E-state index in [4.69, 9.17) is 10.3 Å². The van der Waals surface area contributed by atoms with Gasteiger partial charge < -0.3 is 25.4 Å². The molecule has 1 fully saturated rings. The van der Waals surface area contributed by atoms with Crippen molar-refractivity contribution in [3.05, 3.63) is 30.0 Å². The second-order valence-corrected chi connectivity index (χ2v) is 8.07. The normalized spacial score (nSPS) is 15.1. The van der Waals surface area contributed by atoms with Crippen LogP contribution in [-0.2, 0) is 4.79 Å². The van der Waals surface area contributed by atoms with Crippen molar-refractivity contribution in [1.82, 2.24) is 10.5 Å². The number of piperazine rings is 1. The van der Waals surface area contributed by atoms with E-state index in [0.717, 1.165) is 37.3 Å². The van der Waals surface area contributed by atoms with Gasteiger partial charge in [0, 0.05) is 31.9 Å². The van der Waals surface area contributed by atoms with E-state index in [0.29, 0.717) is 18.0 Å². The Labute approximate surface area is 177 Å². The zero-order valence-corrected chi connectivity index (χ0v) is 17.9. The topological polar surface area (TPSA) is 111 Å². The molecule has 8 nitrogen and oxygen atoms in total. The molecule has 0 spiro atoms. The molecule has 30 heavy (non-hydrogen) atoms. The van der Waals surface area contributed by atoms with E-state index in [9.17, 15) is 10.1 Å². The van der Waals surface area contributed by atoms with Gasteiger partial charge in [-0.3, -0.25) is 4.79 Å². The summed E-state index contributed by atoms with van der Waals surface area (Å²) >= 11 is 0. The molecule has 160 valence electrons. The Hall–Kier alpha value is -3.05. The monoisotopic (exact) mass is 410 g/mol. The largest absolute Gasteiger partial charge is 0.369 e. The van der Waals surface area contributed by atoms with E-state index in [-0.39, 0.29) is 12.5 Å². The molecule has 2 heterocycles. The molecule has 2 aromatic rings. The van der Waals surface area contributed by atoms with Crippen molar-refractivity contribution in [2.45, 2.75) is 33.2 Å². The van der Waals surface area contributed by atoms with Crippen LogP contribution in [0.25, 0.3) is 11.1 Å². The summed E-state index contributed by atoms with van der Waals surface area (Å²) in [6.07, 6.45) is 0.526. The molecular weight excluding hydrogens is 380 g/mol. The highest BCUT2D eigenvalue weighted by Crippen LogP contribution is 2.36. The summed E-state index contributed by atoms with van der Waals surface area (Å²) < 4.78 is 5.62. The molecule has 1 aromatic carbocycles. The maximum Gasteiger partial charge on any atom is 0.240 e. The van der Waals surface area contributed by atoms with Crippen LogP contribution in [0.5, 0.6) is 0 Å². The summed E-state index contributed by atoms with van der Waals surface area (Å²) in [6.45, 7) is 9.78. The predicted molar refractivity (Wildman–Crippen MR) is 117 cm³/mol. The Balaban J connectivity index is 1.96. The number of primary amides is 1. The summed E-state index contributed by atoms with van der Waals surface area (Å²) in [5.74, 6) is 0.163. The number of amides is 1. The summed E-state index contributed by atoms with van der Waals surface area (Å²) in [6, 6.07) is 9.74. The van der Waals surface area contributed by atoms with Crippen molar-refractivity contribution in [3.8, 4) is 17.2 Å². The lowest BCUT2D eigenvalue weighted by Crippen LogP contribution is -2.46. The second-order valence-electron chi connectivity index (χ2n) is 8.07. The minimum Gasteiger partial charge on any atom is -0.369 e. The molecule has 1 unspecified atom stereocenters. The maximum absolute atomic E-state index is 12.2. The Bertz CT molecular complexity index is 893. The van der Waals surface area contributed by atoms with Gasteiger partial charge in [0.1, 0.15) is 12.6 Å². The average molecular weight is 411 g/mol. The molecule has 1 aliphatic heterocycles. The standard InChI is InChI=1S/C22H30N6O2/c1-15(2)14-19(21(24)29)28(11-8-23)22-20(16(3)26-30-22)17-4-6-18(7-5-17)27-12-9-25-10-13-27/h4-7,15,19,25H,9-14H2,1-3H3,(H2,24,29). The minimum atomic E-state index is -0.643. The van der Waals surface area contributed by atoms with Crippen LogP contribution in [0, 0.1) is 24.2 Å². The van der Waals surface area contributed by atoms with Crippen LogP contribution in [0.15, 0.2) is 28.8 Å². The third-order valence-corrected chi connectivity index (χ3v) is 5.38. The number of nitriles is 1. The first kappa shape index (κ1) is 21.7. The Morgan fingerprint density at radius 1 is 1.33 bits per heavy atom. The van der Waals surface area contributed by atoms with Gasteiger partial charge in [-0.1, -0.05) is 31.1 Å². The molecule has 3 rings (SSSR count). The first-order valence-corrected chi connectivity index (χ1v) is 10.4. The van der Waals surface area contributed by atoms with Gasteiger partial charge in [-0.15, -0.1) is 0 Å². The summed E-state index contributed by atoms with van der Waals surface area (Å²) in [5, 5.41) is 16.9. The third-order valence-electron chi connectivity index (χ3n) is 5.38. The number of anilines is 2. The summed E-state index contributed by atoms with van der Waals surface area (Å²) in [4.78, 5) is 16.2. The molecule has 1 amide bonds. The summed E-state index contributed by atoms with van der Waals surface area (Å²) in [7, 11) is 0. The van der Waals surface area contributed by atoms with Crippen LogP contribution in [0.1, 0.15) is 26.0 Å². The highest BCUT2D eigenvalue weighted by Gasteiger charge is 2.31. The fraction of sp³-hybridized carbons (Fsp3) is 0.500. The molecule has 8 heteroatoms. The zero-order chi connectivity index (χ0) is 21.7. The molecule has 1 saturated heterocycles. The van der Waals surface area contributed by atoms with Crippen molar-refractivity contribution >= 4 is 17.5 Å². The summed E-state index contributed by atoms with van der Waals surface area (Å²) in [5.41, 5.74) is 9.27. The average Bonchev–Trinajstić information content (AvgIpc) is 3.12. The Morgan fingerprint density at radius 2 is 2.00 bits per heavy atom. The fourth-order valence-corrected chi connectivity index (χ4v) is 3.89. The Kier molecular flexibility index (Phi) is 6.95. The van der Waals surface area contributed by atoms with Crippen LogP contribution in [-0.4, -0.2) is 49.8 Å². The molecule has 0 aliphatic carbocycles. The van der Waals surface area contributed by atoms with E-state index in [1.54, 1.807) is 4.90 Å². The molecule has 0 bridgehead atoms. The molecule has 0 saturated carbocycles. The van der Waals surface area contributed by atoms with Gasteiger partial charge in [-0.05, 0) is 37.0 Å². The number of nitrogens with two attached hydrogens (primary N) is 1. The maximum atomic E-state index is 12.2. The molecular formula is C22H30N6O2. The number of nitrogens with zero attached hydrogens (tertiary/aromatic N) is 4. The lowest BCUT2D eigenvalue weighted by molar-refractivity contribution is -0.119. The van der Waals surface area contributed by atoms with E-state index >= 15 is 0 Å². The van der Waals surface area contributed by atoms with E-state index in [2.05, 4.69) is 33.6 Å². The number of aryl methyl sites for hydroxylation is 1. The van der Waals surface area contributed by atoms with Gasteiger partial charge in [0.2, 0.25) is 11.8 Å². The highest BCUT2D eigenvalue weighted by atomic mass is 16.5. The highest BCUT2D eigenvalue weighted by molar-refractivity contribution is 5.86. The number of carbonyl (C=O) groups excluding carboxylic acids is 1. The predicted octanol–water partition coefficient (Wildman–Crippen LogP) is 2.29. The first-order valence-electron chi connectivity index (χ1n) is 10.4.